The summed E-state index contributed by atoms with van der Waals surface area (Å²) in [7, 11) is 1.97. The number of aromatic nitrogens is 1. The molecule has 1 atom stereocenters. The molecule has 18 heavy (non-hydrogen) atoms. The number of hydrogen-bond acceptors (Lipinski definition) is 2. The van der Waals surface area contributed by atoms with Crippen LogP contribution in [0.1, 0.15) is 22.9 Å². The fourth-order valence-electron chi connectivity index (χ4n) is 2.13. The van der Waals surface area contributed by atoms with Crippen LogP contribution in [0.5, 0.6) is 0 Å². The summed E-state index contributed by atoms with van der Waals surface area (Å²) in [5.41, 5.74) is 3.53. The van der Waals surface area contributed by atoms with E-state index in [1.165, 1.54) is 11.1 Å². The monoisotopic (exact) mass is 260 g/mol. The van der Waals surface area contributed by atoms with Crippen LogP contribution in [0, 0.1) is 6.92 Å². The molecular weight excluding hydrogens is 244 g/mol. The summed E-state index contributed by atoms with van der Waals surface area (Å²) < 4.78 is 0. The van der Waals surface area contributed by atoms with Gasteiger partial charge in [0.15, 0.2) is 0 Å². The van der Waals surface area contributed by atoms with Crippen molar-refractivity contribution >= 4 is 11.6 Å². The zero-order valence-corrected chi connectivity index (χ0v) is 11.4. The van der Waals surface area contributed by atoms with Crippen molar-refractivity contribution < 1.29 is 0 Å². The summed E-state index contributed by atoms with van der Waals surface area (Å²) in [4.78, 5) is 4.34. The molecule has 1 aromatic carbocycles. The molecule has 2 aromatic rings. The number of likely N-dealkylation sites (N-methyl/N-ethyl adjacent to an activating group) is 1. The van der Waals surface area contributed by atoms with Crippen LogP contribution in [0.3, 0.4) is 0 Å². The molecule has 0 bridgehead atoms. The van der Waals surface area contributed by atoms with Crippen molar-refractivity contribution in [2.75, 3.05) is 7.05 Å². The average molecular weight is 261 g/mol. The van der Waals surface area contributed by atoms with E-state index in [2.05, 4.69) is 22.4 Å². The minimum atomic E-state index is 0.261. The molecule has 0 amide bonds. The first-order chi connectivity index (χ1) is 8.70. The van der Waals surface area contributed by atoms with E-state index in [-0.39, 0.29) is 6.04 Å². The minimum absolute atomic E-state index is 0.261. The van der Waals surface area contributed by atoms with E-state index in [4.69, 9.17) is 11.6 Å². The topological polar surface area (TPSA) is 24.9 Å². The lowest BCUT2D eigenvalue weighted by Gasteiger charge is -2.18. The van der Waals surface area contributed by atoms with Crippen molar-refractivity contribution in [1.82, 2.24) is 10.3 Å². The Morgan fingerprint density at radius 3 is 2.78 bits per heavy atom. The van der Waals surface area contributed by atoms with Crippen LogP contribution in [-0.2, 0) is 6.42 Å². The quantitative estimate of drug-likeness (QED) is 0.910. The first kappa shape index (κ1) is 13.1. The molecule has 0 fully saturated rings. The van der Waals surface area contributed by atoms with Crippen molar-refractivity contribution in [3.8, 4) is 0 Å². The van der Waals surface area contributed by atoms with E-state index in [1.54, 1.807) is 0 Å². The van der Waals surface area contributed by atoms with E-state index < -0.39 is 0 Å². The highest BCUT2D eigenvalue weighted by Gasteiger charge is 2.12. The van der Waals surface area contributed by atoms with Gasteiger partial charge in [-0.3, -0.25) is 4.98 Å². The van der Waals surface area contributed by atoms with Crippen LogP contribution in [-0.4, -0.2) is 12.0 Å². The highest BCUT2D eigenvalue weighted by atomic mass is 35.5. The predicted octanol–water partition coefficient (Wildman–Crippen LogP) is 3.55. The van der Waals surface area contributed by atoms with Gasteiger partial charge in [0.05, 0.1) is 0 Å². The number of nitrogens with zero attached hydrogens (tertiary/aromatic N) is 1. The van der Waals surface area contributed by atoms with Crippen LogP contribution in [0.25, 0.3) is 0 Å². The molecular formula is C15H17ClN2. The molecule has 3 heteroatoms. The van der Waals surface area contributed by atoms with Crippen molar-refractivity contribution in [2.45, 2.75) is 19.4 Å². The number of halogens is 1. The maximum absolute atomic E-state index is 6.02. The lowest BCUT2D eigenvalue weighted by Crippen LogP contribution is -2.20. The Bertz CT molecular complexity index is 525. The summed E-state index contributed by atoms with van der Waals surface area (Å²) in [5, 5.41) is 4.13. The largest absolute Gasteiger partial charge is 0.313 e. The Kier molecular flexibility index (Phi) is 4.34. The molecule has 0 saturated carbocycles. The zero-order valence-electron chi connectivity index (χ0n) is 10.7. The van der Waals surface area contributed by atoms with E-state index in [0.29, 0.717) is 0 Å². The lowest BCUT2D eigenvalue weighted by molar-refractivity contribution is 0.586. The van der Waals surface area contributed by atoms with Gasteiger partial charge in [-0.05, 0) is 49.7 Å². The van der Waals surface area contributed by atoms with Crippen molar-refractivity contribution in [3.05, 3.63) is 64.4 Å². The summed E-state index contributed by atoms with van der Waals surface area (Å²) >= 11 is 6.02. The maximum Gasteiger partial charge on any atom is 0.0420 e. The van der Waals surface area contributed by atoms with Gasteiger partial charge in [-0.2, -0.15) is 0 Å². The molecule has 1 unspecified atom stereocenters. The predicted molar refractivity (Wildman–Crippen MR) is 75.9 cm³/mol. The Hall–Kier alpha value is -1.38. The number of aryl methyl sites for hydroxylation is 1. The van der Waals surface area contributed by atoms with Gasteiger partial charge in [0, 0.05) is 23.0 Å². The number of benzene rings is 1. The molecule has 1 aromatic heterocycles. The molecule has 2 rings (SSSR count). The van der Waals surface area contributed by atoms with Crippen LogP contribution in [0.15, 0.2) is 42.6 Å². The zero-order chi connectivity index (χ0) is 13.0. The van der Waals surface area contributed by atoms with E-state index in [0.717, 1.165) is 17.1 Å². The number of pyridine rings is 1. The second kappa shape index (κ2) is 5.98. The van der Waals surface area contributed by atoms with E-state index in [9.17, 15) is 0 Å². The van der Waals surface area contributed by atoms with Gasteiger partial charge in [0.1, 0.15) is 0 Å². The second-order valence-electron chi connectivity index (χ2n) is 4.35. The highest BCUT2D eigenvalue weighted by molar-refractivity contribution is 6.30. The Labute approximate surface area is 113 Å². The van der Waals surface area contributed by atoms with Gasteiger partial charge in [0.25, 0.3) is 0 Å². The first-order valence-electron chi connectivity index (χ1n) is 6.04. The van der Waals surface area contributed by atoms with E-state index in [1.807, 2.05) is 44.4 Å². The second-order valence-corrected chi connectivity index (χ2v) is 4.79. The molecule has 0 aliphatic carbocycles. The molecule has 0 aliphatic rings. The van der Waals surface area contributed by atoms with Gasteiger partial charge < -0.3 is 5.32 Å². The lowest BCUT2D eigenvalue weighted by atomic mass is 9.98. The number of nitrogens with one attached hydrogen (secondary N) is 1. The Balaban J connectivity index is 2.23. The summed E-state index contributed by atoms with van der Waals surface area (Å²) in [6.45, 7) is 2.04. The van der Waals surface area contributed by atoms with Crippen LogP contribution < -0.4 is 5.32 Å². The third-order valence-electron chi connectivity index (χ3n) is 3.10. The smallest absolute Gasteiger partial charge is 0.0420 e. The van der Waals surface area contributed by atoms with Gasteiger partial charge in [-0.25, -0.2) is 0 Å². The number of hydrogen-bond donors (Lipinski definition) is 1. The molecule has 0 spiro atoms. The summed E-state index contributed by atoms with van der Waals surface area (Å²) in [6, 6.07) is 12.4. The average Bonchev–Trinajstić information content (AvgIpc) is 2.37. The fourth-order valence-corrected chi connectivity index (χ4v) is 2.35. The summed E-state index contributed by atoms with van der Waals surface area (Å²) in [6.07, 6.45) is 2.73. The van der Waals surface area contributed by atoms with Crippen LogP contribution in [0.2, 0.25) is 5.02 Å². The Morgan fingerprint density at radius 1 is 1.28 bits per heavy atom. The third-order valence-corrected chi connectivity index (χ3v) is 3.34. The van der Waals surface area contributed by atoms with Crippen molar-refractivity contribution in [3.63, 3.8) is 0 Å². The highest BCUT2D eigenvalue weighted by Crippen LogP contribution is 2.21. The van der Waals surface area contributed by atoms with Gasteiger partial charge in [-0.15, -0.1) is 0 Å². The molecule has 0 aliphatic heterocycles. The molecule has 94 valence electrons. The van der Waals surface area contributed by atoms with Crippen molar-refractivity contribution in [1.29, 1.82) is 0 Å². The molecule has 2 nitrogen and oxygen atoms in total. The van der Waals surface area contributed by atoms with Crippen LogP contribution in [0.4, 0.5) is 0 Å². The van der Waals surface area contributed by atoms with Crippen LogP contribution >= 0.6 is 11.6 Å². The normalized spacial score (nSPS) is 12.4. The van der Waals surface area contributed by atoms with Gasteiger partial charge in [0.2, 0.25) is 0 Å². The maximum atomic E-state index is 6.02. The third kappa shape index (κ3) is 3.09. The fraction of sp³-hybridized carbons (Fsp3) is 0.267. The summed E-state index contributed by atoms with van der Waals surface area (Å²) in [5.74, 6) is 0. The first-order valence-corrected chi connectivity index (χ1v) is 6.41. The SMILES string of the molecule is CNC(Cc1cccc(Cl)c1)c1cccnc1C. The van der Waals surface area contributed by atoms with E-state index >= 15 is 0 Å². The van der Waals surface area contributed by atoms with Gasteiger partial charge in [-0.1, -0.05) is 29.8 Å². The molecule has 0 radical (unpaired) electrons. The van der Waals surface area contributed by atoms with Gasteiger partial charge >= 0.3 is 0 Å². The minimum Gasteiger partial charge on any atom is -0.313 e. The molecule has 0 saturated heterocycles. The van der Waals surface area contributed by atoms with Crippen molar-refractivity contribution in [2.24, 2.45) is 0 Å². The number of rotatable bonds is 4. The Morgan fingerprint density at radius 2 is 2.11 bits per heavy atom. The standard InChI is InChI=1S/C15H17ClN2/c1-11-14(7-4-8-18-11)15(17-2)10-12-5-3-6-13(16)9-12/h3-9,15,17H,10H2,1-2H3. The molecule has 1 heterocycles. The molecule has 1 N–H and O–H groups in total.